The van der Waals surface area contributed by atoms with Gasteiger partial charge >= 0.3 is 0 Å². The van der Waals surface area contributed by atoms with Crippen molar-refractivity contribution in [3.05, 3.63) is 52.5 Å². The molecule has 1 fully saturated rings. The highest BCUT2D eigenvalue weighted by Gasteiger charge is 2.21. The maximum atomic E-state index is 12.6. The van der Waals surface area contributed by atoms with Crippen molar-refractivity contribution in [1.29, 1.82) is 0 Å². The molecule has 192 valence electrons. The summed E-state index contributed by atoms with van der Waals surface area (Å²) in [5, 5.41) is 13.1. The van der Waals surface area contributed by atoms with Crippen molar-refractivity contribution < 1.29 is 19.4 Å². The third-order valence-electron chi connectivity index (χ3n) is 6.40. The van der Waals surface area contributed by atoms with E-state index in [1.54, 1.807) is 36.4 Å². The van der Waals surface area contributed by atoms with Crippen molar-refractivity contribution >= 4 is 41.4 Å². The van der Waals surface area contributed by atoms with Crippen LogP contribution < -0.4 is 15.8 Å². The van der Waals surface area contributed by atoms with Gasteiger partial charge in [0.2, 0.25) is 0 Å². The maximum absolute atomic E-state index is 12.6. The fourth-order valence-electron chi connectivity index (χ4n) is 4.30. The predicted molar refractivity (Wildman–Crippen MR) is 142 cm³/mol. The number of hydrogen-bond donors (Lipinski definition) is 3. The summed E-state index contributed by atoms with van der Waals surface area (Å²) in [4.78, 5) is 27.3. The minimum Gasteiger partial charge on any atom is -0.507 e. The Balaban J connectivity index is 0.00000432. The van der Waals surface area contributed by atoms with E-state index in [4.69, 9.17) is 22.1 Å². The van der Waals surface area contributed by atoms with Crippen LogP contribution in [0.4, 0.5) is 5.69 Å². The van der Waals surface area contributed by atoms with E-state index in [1.807, 2.05) is 0 Å². The van der Waals surface area contributed by atoms with Gasteiger partial charge in [0.05, 0.1) is 28.9 Å². The van der Waals surface area contributed by atoms with E-state index in [9.17, 15) is 14.7 Å². The number of para-hydroxylation sites is 1. The summed E-state index contributed by atoms with van der Waals surface area (Å²) in [7, 11) is 1.50. The Bertz CT molecular complexity index is 995. The number of aromatic hydroxyl groups is 1. The van der Waals surface area contributed by atoms with Crippen LogP contribution in [0.3, 0.4) is 0 Å². The topological polar surface area (TPSA) is 105 Å². The Hall–Kier alpha value is -2.48. The van der Waals surface area contributed by atoms with E-state index in [0.29, 0.717) is 46.5 Å². The van der Waals surface area contributed by atoms with Gasteiger partial charge in [0.15, 0.2) is 5.78 Å². The molecule has 0 unspecified atom stereocenters. The summed E-state index contributed by atoms with van der Waals surface area (Å²) >= 11 is 6.07. The van der Waals surface area contributed by atoms with Crippen LogP contribution in [0.5, 0.6) is 11.5 Å². The molecule has 0 bridgehead atoms. The molecule has 4 N–H and O–H groups in total. The molecule has 0 aromatic heterocycles. The van der Waals surface area contributed by atoms with Crippen molar-refractivity contribution in [3.8, 4) is 11.5 Å². The highest BCUT2D eigenvalue weighted by molar-refractivity contribution is 6.33. The number of ketones is 1. The van der Waals surface area contributed by atoms with Crippen LogP contribution in [0.1, 0.15) is 59.2 Å². The average molecular weight is 524 g/mol. The van der Waals surface area contributed by atoms with Crippen LogP contribution in [0, 0.1) is 5.92 Å². The van der Waals surface area contributed by atoms with Gasteiger partial charge in [0.25, 0.3) is 5.91 Å². The molecule has 1 aliphatic heterocycles. The van der Waals surface area contributed by atoms with Crippen LogP contribution in [0.25, 0.3) is 0 Å². The number of rotatable bonds is 11. The lowest BCUT2D eigenvalue weighted by Gasteiger charge is -2.32. The van der Waals surface area contributed by atoms with Gasteiger partial charge in [0.1, 0.15) is 11.5 Å². The number of nitrogens with zero attached hydrogens (tertiary/aromatic N) is 1. The summed E-state index contributed by atoms with van der Waals surface area (Å²) in [6.45, 7) is 3.65. The quantitative estimate of drug-likeness (QED) is 0.219. The number of amides is 1. The lowest BCUT2D eigenvalue weighted by molar-refractivity contribution is 0.0932. The van der Waals surface area contributed by atoms with Crippen LogP contribution in [0.2, 0.25) is 5.02 Å². The molecule has 2 aromatic carbocycles. The molecule has 0 radical (unpaired) electrons. The van der Waals surface area contributed by atoms with Crippen molar-refractivity contribution in [2.24, 2.45) is 5.92 Å². The highest BCUT2D eigenvalue weighted by atomic mass is 35.5. The number of unbranched alkanes of at least 4 members (excludes halogenated alkanes) is 2. The van der Waals surface area contributed by atoms with Gasteiger partial charge in [-0.25, -0.2) is 0 Å². The van der Waals surface area contributed by atoms with E-state index in [1.165, 1.54) is 7.11 Å². The van der Waals surface area contributed by atoms with E-state index in [2.05, 4.69) is 10.2 Å². The van der Waals surface area contributed by atoms with Crippen LogP contribution in [-0.4, -0.2) is 55.0 Å². The Morgan fingerprint density at radius 1 is 1.14 bits per heavy atom. The fraction of sp³-hybridized carbons (Fsp3) is 0.462. The van der Waals surface area contributed by atoms with Gasteiger partial charge in [0, 0.05) is 19.0 Å². The Kier molecular flexibility index (Phi) is 11.6. The van der Waals surface area contributed by atoms with Gasteiger partial charge in [-0.15, -0.1) is 12.4 Å². The standard InChI is InChI=1S/C26H34ClN3O4.ClH/c1-34-25-16-22(28)21(27)15-20(25)26(33)29-17-18-10-13-30(14-11-18)12-6-2-3-8-23(31)19-7-4-5-9-24(19)32;/h4-5,7,9,15-16,18,32H,2-3,6,8,10-14,17,28H2,1H3,(H,29,33);1H. The molecule has 1 aliphatic rings. The molecule has 1 amide bonds. The van der Waals surface area contributed by atoms with Gasteiger partial charge < -0.3 is 25.8 Å². The van der Waals surface area contributed by atoms with Crippen LogP contribution in [-0.2, 0) is 0 Å². The number of nitrogens with two attached hydrogens (primary N) is 1. The second-order valence-corrected chi connectivity index (χ2v) is 9.23. The molecule has 0 spiro atoms. The fourth-order valence-corrected chi connectivity index (χ4v) is 4.47. The maximum Gasteiger partial charge on any atom is 0.255 e. The zero-order valence-electron chi connectivity index (χ0n) is 20.1. The van der Waals surface area contributed by atoms with E-state index in [-0.39, 0.29) is 29.8 Å². The van der Waals surface area contributed by atoms with E-state index < -0.39 is 0 Å². The monoisotopic (exact) mass is 523 g/mol. The first kappa shape index (κ1) is 28.8. The smallest absolute Gasteiger partial charge is 0.255 e. The Morgan fingerprint density at radius 2 is 1.86 bits per heavy atom. The largest absolute Gasteiger partial charge is 0.507 e. The minimum atomic E-state index is -0.209. The number of carbonyl (C=O) groups is 2. The first-order valence-electron chi connectivity index (χ1n) is 11.8. The predicted octanol–water partition coefficient (Wildman–Crippen LogP) is 4.94. The van der Waals surface area contributed by atoms with Gasteiger partial charge in [-0.05, 0) is 69.4 Å². The molecule has 0 aliphatic carbocycles. The number of nitrogens with one attached hydrogen (secondary N) is 1. The van der Waals surface area contributed by atoms with E-state index in [0.717, 1.165) is 51.7 Å². The molecule has 35 heavy (non-hydrogen) atoms. The second-order valence-electron chi connectivity index (χ2n) is 8.82. The van der Waals surface area contributed by atoms with Gasteiger partial charge in [-0.1, -0.05) is 30.2 Å². The van der Waals surface area contributed by atoms with Crippen molar-refractivity contribution in [2.75, 3.05) is 39.0 Å². The number of nitrogen functional groups attached to an aromatic ring is 1. The summed E-state index contributed by atoms with van der Waals surface area (Å²) < 4.78 is 5.27. The average Bonchev–Trinajstić information content (AvgIpc) is 2.84. The number of anilines is 1. The molecule has 2 aromatic rings. The number of carbonyl (C=O) groups excluding carboxylic acids is 2. The molecule has 7 nitrogen and oxygen atoms in total. The molecule has 1 saturated heterocycles. The Morgan fingerprint density at radius 3 is 2.54 bits per heavy atom. The van der Waals surface area contributed by atoms with Crippen molar-refractivity contribution in [3.63, 3.8) is 0 Å². The normalized spacial score (nSPS) is 14.2. The number of benzene rings is 2. The van der Waals surface area contributed by atoms with Crippen LogP contribution >= 0.6 is 24.0 Å². The van der Waals surface area contributed by atoms with Crippen molar-refractivity contribution in [2.45, 2.75) is 38.5 Å². The number of piperidine rings is 1. The first-order valence-corrected chi connectivity index (χ1v) is 12.2. The zero-order valence-corrected chi connectivity index (χ0v) is 21.7. The third kappa shape index (κ3) is 8.30. The van der Waals surface area contributed by atoms with Crippen LogP contribution in [0.15, 0.2) is 36.4 Å². The Labute approximate surface area is 218 Å². The molecular weight excluding hydrogens is 489 g/mol. The molecule has 9 heteroatoms. The number of ether oxygens (including phenoxy) is 1. The lowest BCUT2D eigenvalue weighted by Crippen LogP contribution is -2.39. The summed E-state index contributed by atoms with van der Waals surface area (Å²) in [6, 6.07) is 9.82. The number of methoxy groups -OCH3 is 1. The highest BCUT2D eigenvalue weighted by Crippen LogP contribution is 2.29. The number of phenols is 1. The van der Waals surface area contributed by atoms with Crippen molar-refractivity contribution in [1.82, 2.24) is 10.2 Å². The zero-order chi connectivity index (χ0) is 24.5. The number of hydrogen-bond acceptors (Lipinski definition) is 6. The minimum absolute atomic E-state index is 0. The number of Topliss-reactive ketones (excluding diaryl/α,β-unsaturated/α-hetero) is 1. The van der Waals surface area contributed by atoms with E-state index >= 15 is 0 Å². The number of likely N-dealkylation sites (tertiary alicyclic amines) is 1. The van der Waals surface area contributed by atoms with Gasteiger partial charge in [-0.2, -0.15) is 0 Å². The molecular formula is C26H35Cl2N3O4. The first-order chi connectivity index (χ1) is 16.4. The number of phenolic OH excluding ortho intramolecular Hbond substituents is 1. The SMILES string of the molecule is COc1cc(N)c(Cl)cc1C(=O)NCC1CCN(CCCCCC(=O)c2ccccc2O)CC1.Cl. The molecule has 0 saturated carbocycles. The molecule has 3 rings (SSSR count). The summed E-state index contributed by atoms with van der Waals surface area (Å²) in [5.74, 6) is 0.699. The number of halogens is 2. The summed E-state index contributed by atoms with van der Waals surface area (Å²) in [6.07, 6.45) is 5.39. The molecule has 0 atom stereocenters. The van der Waals surface area contributed by atoms with Gasteiger partial charge in [-0.3, -0.25) is 9.59 Å². The molecule has 1 heterocycles. The second kappa shape index (κ2) is 14.2. The third-order valence-corrected chi connectivity index (χ3v) is 6.73. The lowest BCUT2D eigenvalue weighted by atomic mass is 9.96. The summed E-state index contributed by atoms with van der Waals surface area (Å²) in [5.41, 5.74) is 6.97.